The van der Waals surface area contributed by atoms with Crippen molar-refractivity contribution in [2.75, 3.05) is 0 Å². The van der Waals surface area contributed by atoms with E-state index in [9.17, 15) is 4.79 Å². The number of hydrogen-bond donors (Lipinski definition) is 1. The predicted octanol–water partition coefficient (Wildman–Crippen LogP) is 3.70. The summed E-state index contributed by atoms with van der Waals surface area (Å²) in [6.45, 7) is 1.63. The summed E-state index contributed by atoms with van der Waals surface area (Å²) in [5.74, 6) is 0.347. The minimum Gasteiger partial charge on any atom is -0.479 e. The molecule has 1 heterocycles. The summed E-state index contributed by atoms with van der Waals surface area (Å²) in [4.78, 5) is 10.6. The van der Waals surface area contributed by atoms with Crippen LogP contribution in [-0.2, 0) is 16.1 Å². The number of ether oxygens (including phenoxy) is 1. The highest BCUT2D eigenvalue weighted by Gasteiger charge is 2.12. The third-order valence-corrected chi connectivity index (χ3v) is 3.14. The Morgan fingerprint density at radius 3 is 2.63 bits per heavy atom. The highest BCUT2D eigenvalue weighted by atomic mass is 79.9. The number of furan rings is 1. The predicted molar refractivity (Wildman–Crippen MR) is 73.7 cm³/mol. The number of rotatable bonds is 5. The molecule has 1 atom stereocenters. The number of carbonyl (C=O) groups is 1. The summed E-state index contributed by atoms with van der Waals surface area (Å²) in [6, 6.07) is 11.4. The number of aliphatic carboxylic acids is 1. The maximum atomic E-state index is 10.6. The van der Waals surface area contributed by atoms with Gasteiger partial charge < -0.3 is 14.3 Å². The second kappa shape index (κ2) is 6.04. The molecule has 0 amide bonds. The van der Waals surface area contributed by atoms with E-state index in [1.807, 2.05) is 30.3 Å². The van der Waals surface area contributed by atoms with Crippen molar-refractivity contribution in [3.63, 3.8) is 0 Å². The van der Waals surface area contributed by atoms with Crippen molar-refractivity contribution in [2.24, 2.45) is 0 Å². The molecule has 1 aromatic heterocycles. The first-order chi connectivity index (χ1) is 9.06. The second-order valence-corrected chi connectivity index (χ2v) is 4.98. The van der Waals surface area contributed by atoms with Gasteiger partial charge in [0, 0.05) is 10.0 Å². The van der Waals surface area contributed by atoms with Gasteiger partial charge in [0.1, 0.15) is 18.1 Å². The van der Waals surface area contributed by atoms with Gasteiger partial charge >= 0.3 is 5.97 Å². The molecule has 0 aliphatic carbocycles. The third-order valence-electron chi connectivity index (χ3n) is 2.61. The van der Waals surface area contributed by atoms with Crippen molar-refractivity contribution in [3.05, 3.63) is 46.6 Å². The van der Waals surface area contributed by atoms with Gasteiger partial charge in [0.15, 0.2) is 6.10 Å². The number of benzene rings is 1. The van der Waals surface area contributed by atoms with Gasteiger partial charge in [-0.1, -0.05) is 28.1 Å². The van der Waals surface area contributed by atoms with E-state index in [0.717, 1.165) is 15.8 Å². The Morgan fingerprint density at radius 2 is 2.00 bits per heavy atom. The molecular weight excluding hydrogens is 312 g/mol. The average molecular weight is 325 g/mol. The van der Waals surface area contributed by atoms with E-state index >= 15 is 0 Å². The van der Waals surface area contributed by atoms with Gasteiger partial charge in [-0.05, 0) is 31.2 Å². The zero-order chi connectivity index (χ0) is 13.8. The summed E-state index contributed by atoms with van der Waals surface area (Å²) >= 11 is 3.37. The lowest BCUT2D eigenvalue weighted by Crippen LogP contribution is -2.19. The van der Waals surface area contributed by atoms with Gasteiger partial charge in [0.2, 0.25) is 0 Å². The molecule has 1 aromatic carbocycles. The number of halogens is 1. The van der Waals surface area contributed by atoms with E-state index < -0.39 is 12.1 Å². The smallest absolute Gasteiger partial charge is 0.332 e. The lowest BCUT2D eigenvalue weighted by molar-refractivity contribution is -0.150. The minimum absolute atomic E-state index is 0.143. The van der Waals surface area contributed by atoms with Crippen molar-refractivity contribution in [1.29, 1.82) is 0 Å². The van der Waals surface area contributed by atoms with Crippen LogP contribution in [0.2, 0.25) is 0 Å². The molecule has 2 rings (SSSR count). The van der Waals surface area contributed by atoms with Gasteiger partial charge in [-0.25, -0.2) is 4.79 Å². The molecule has 4 nitrogen and oxygen atoms in total. The van der Waals surface area contributed by atoms with E-state index in [0.29, 0.717) is 5.76 Å². The summed E-state index contributed by atoms with van der Waals surface area (Å²) in [5.41, 5.74) is 0.959. The van der Waals surface area contributed by atoms with Crippen LogP contribution in [0.15, 0.2) is 45.3 Å². The molecule has 0 unspecified atom stereocenters. The van der Waals surface area contributed by atoms with Crippen LogP contribution < -0.4 is 0 Å². The van der Waals surface area contributed by atoms with Gasteiger partial charge in [-0.15, -0.1) is 0 Å². The Hall–Kier alpha value is -1.59. The Bertz CT molecular complexity index is 559. The molecule has 0 spiro atoms. The van der Waals surface area contributed by atoms with Crippen LogP contribution >= 0.6 is 15.9 Å². The van der Waals surface area contributed by atoms with Crippen LogP contribution in [0.1, 0.15) is 12.7 Å². The van der Waals surface area contributed by atoms with E-state index in [1.165, 1.54) is 6.92 Å². The fraction of sp³-hybridized carbons (Fsp3) is 0.214. The minimum atomic E-state index is -0.986. The largest absolute Gasteiger partial charge is 0.479 e. The van der Waals surface area contributed by atoms with E-state index in [-0.39, 0.29) is 6.61 Å². The Kier molecular flexibility index (Phi) is 4.39. The SMILES string of the molecule is C[C@H](OCc1ccc(-c2ccc(Br)cc2)o1)C(=O)O. The van der Waals surface area contributed by atoms with Crippen molar-refractivity contribution in [3.8, 4) is 11.3 Å². The highest BCUT2D eigenvalue weighted by Crippen LogP contribution is 2.24. The molecule has 19 heavy (non-hydrogen) atoms. The third kappa shape index (κ3) is 3.68. The molecular formula is C14H13BrO4. The monoisotopic (exact) mass is 324 g/mol. The molecule has 100 valence electrons. The van der Waals surface area contributed by atoms with Crippen molar-refractivity contribution >= 4 is 21.9 Å². The maximum absolute atomic E-state index is 10.6. The molecule has 0 saturated heterocycles. The number of carboxylic acids is 1. The molecule has 0 aliphatic rings. The second-order valence-electron chi connectivity index (χ2n) is 4.06. The Balaban J connectivity index is 2.03. The van der Waals surface area contributed by atoms with Crippen LogP contribution in [0.4, 0.5) is 0 Å². The zero-order valence-electron chi connectivity index (χ0n) is 10.3. The standard InChI is InChI=1S/C14H13BrO4/c1-9(14(16)17)18-8-12-6-7-13(19-12)10-2-4-11(15)5-3-10/h2-7,9H,8H2,1H3,(H,16,17)/t9-/m0/s1. The fourth-order valence-electron chi connectivity index (χ4n) is 1.50. The molecule has 2 aromatic rings. The summed E-state index contributed by atoms with van der Waals surface area (Å²) < 4.78 is 11.8. The van der Waals surface area contributed by atoms with E-state index in [2.05, 4.69) is 15.9 Å². The topological polar surface area (TPSA) is 59.7 Å². The van der Waals surface area contributed by atoms with Gasteiger partial charge in [0.05, 0.1) is 0 Å². The van der Waals surface area contributed by atoms with Gasteiger partial charge in [-0.2, -0.15) is 0 Å². The molecule has 0 bridgehead atoms. The van der Waals surface area contributed by atoms with E-state index in [1.54, 1.807) is 6.07 Å². The van der Waals surface area contributed by atoms with Crippen molar-refractivity contribution < 1.29 is 19.1 Å². The first kappa shape index (κ1) is 13.8. The van der Waals surface area contributed by atoms with Crippen molar-refractivity contribution in [2.45, 2.75) is 19.6 Å². The summed E-state index contributed by atoms with van der Waals surface area (Å²) in [5, 5.41) is 8.71. The summed E-state index contributed by atoms with van der Waals surface area (Å²) in [6.07, 6.45) is -0.846. The zero-order valence-corrected chi connectivity index (χ0v) is 11.9. The Labute approximate surface area is 119 Å². The maximum Gasteiger partial charge on any atom is 0.332 e. The first-order valence-corrected chi connectivity index (χ1v) is 6.54. The lowest BCUT2D eigenvalue weighted by Gasteiger charge is -2.06. The number of carboxylic acid groups (broad SMARTS) is 1. The van der Waals surface area contributed by atoms with Gasteiger partial charge in [-0.3, -0.25) is 0 Å². The molecule has 0 aliphatic heterocycles. The van der Waals surface area contributed by atoms with Crippen LogP contribution in [0.3, 0.4) is 0 Å². The highest BCUT2D eigenvalue weighted by molar-refractivity contribution is 9.10. The quantitative estimate of drug-likeness (QED) is 0.911. The summed E-state index contributed by atoms with van der Waals surface area (Å²) in [7, 11) is 0. The normalized spacial score (nSPS) is 12.3. The van der Waals surface area contributed by atoms with Crippen LogP contribution in [-0.4, -0.2) is 17.2 Å². The van der Waals surface area contributed by atoms with Crippen LogP contribution in [0.5, 0.6) is 0 Å². The molecule has 0 saturated carbocycles. The lowest BCUT2D eigenvalue weighted by atomic mass is 10.2. The van der Waals surface area contributed by atoms with Crippen LogP contribution in [0, 0.1) is 0 Å². The Morgan fingerprint density at radius 1 is 1.32 bits per heavy atom. The van der Waals surface area contributed by atoms with E-state index in [4.69, 9.17) is 14.3 Å². The van der Waals surface area contributed by atoms with Crippen LogP contribution in [0.25, 0.3) is 11.3 Å². The molecule has 0 radical (unpaired) electrons. The first-order valence-electron chi connectivity index (χ1n) is 5.75. The molecule has 0 fully saturated rings. The molecule has 5 heteroatoms. The van der Waals surface area contributed by atoms with Gasteiger partial charge in [0.25, 0.3) is 0 Å². The number of hydrogen-bond acceptors (Lipinski definition) is 3. The fourth-order valence-corrected chi connectivity index (χ4v) is 1.77. The average Bonchev–Trinajstić information content (AvgIpc) is 2.85. The van der Waals surface area contributed by atoms with Crippen molar-refractivity contribution in [1.82, 2.24) is 0 Å². The molecule has 1 N–H and O–H groups in total.